The fourth-order valence-electron chi connectivity index (χ4n) is 1.26. The van der Waals surface area contributed by atoms with Crippen molar-refractivity contribution >= 4 is 18.4 Å². The lowest BCUT2D eigenvalue weighted by Gasteiger charge is -2.10. The number of carboxylic acids is 1. The van der Waals surface area contributed by atoms with Crippen LogP contribution in [0.1, 0.15) is 30.0 Å². The summed E-state index contributed by atoms with van der Waals surface area (Å²) in [5.74, 6) is -2.21. The zero-order valence-electron chi connectivity index (χ0n) is 8.57. The van der Waals surface area contributed by atoms with E-state index in [-0.39, 0.29) is 24.4 Å². The lowest BCUT2D eigenvalue weighted by atomic mass is 10.0. The Hall–Kier alpha value is -1.27. The van der Waals surface area contributed by atoms with Crippen LogP contribution in [-0.2, 0) is 4.79 Å². The summed E-state index contributed by atoms with van der Waals surface area (Å²) >= 11 is 0. The maximum Gasteiger partial charge on any atom is 0.305 e. The van der Waals surface area contributed by atoms with Crippen LogP contribution in [0, 0.1) is 5.82 Å². The monoisotopic (exact) mass is 269 g/mol. The molecule has 0 fully saturated rings. The van der Waals surface area contributed by atoms with Crippen LogP contribution in [0.2, 0.25) is 0 Å². The molecule has 0 bridgehead atoms. The van der Waals surface area contributed by atoms with Gasteiger partial charge in [0.05, 0.1) is 12.0 Å². The highest BCUT2D eigenvalue weighted by molar-refractivity contribution is 5.85. The first kappa shape index (κ1) is 15.7. The molecule has 0 unspecified atom stereocenters. The molecule has 0 heterocycles. The zero-order chi connectivity index (χ0) is 12.3. The molecular formula is C10H11ClF3NO2. The molecule has 1 aromatic rings. The Kier molecular flexibility index (Phi) is 5.98. The van der Waals surface area contributed by atoms with Crippen LogP contribution in [0.3, 0.4) is 0 Å². The summed E-state index contributed by atoms with van der Waals surface area (Å²) in [6, 6.07) is 2.06. The molecule has 0 spiro atoms. The van der Waals surface area contributed by atoms with Crippen molar-refractivity contribution in [2.75, 3.05) is 0 Å². The lowest BCUT2D eigenvalue weighted by Crippen LogP contribution is -2.15. The first-order valence-electron chi connectivity index (χ1n) is 4.46. The van der Waals surface area contributed by atoms with Gasteiger partial charge >= 0.3 is 5.97 Å². The van der Waals surface area contributed by atoms with Crippen molar-refractivity contribution in [1.29, 1.82) is 0 Å². The smallest absolute Gasteiger partial charge is 0.305 e. The minimum atomic E-state index is -2.90. The van der Waals surface area contributed by atoms with E-state index in [4.69, 9.17) is 10.8 Å². The van der Waals surface area contributed by atoms with E-state index < -0.39 is 29.8 Å². The molecule has 1 rings (SSSR count). The molecular weight excluding hydrogens is 259 g/mol. The Labute approximate surface area is 102 Å². The molecule has 1 atom stereocenters. The first-order valence-corrected chi connectivity index (χ1v) is 4.46. The van der Waals surface area contributed by atoms with Crippen molar-refractivity contribution in [1.82, 2.24) is 0 Å². The second-order valence-corrected chi connectivity index (χ2v) is 3.29. The molecule has 0 aliphatic rings. The van der Waals surface area contributed by atoms with E-state index >= 15 is 0 Å². The summed E-state index contributed by atoms with van der Waals surface area (Å²) < 4.78 is 37.5. The molecule has 3 N–H and O–H groups in total. The maximum atomic E-state index is 13.1. The second kappa shape index (κ2) is 6.46. The van der Waals surface area contributed by atoms with E-state index in [0.717, 1.165) is 12.1 Å². The number of nitrogens with two attached hydrogens (primary N) is 1. The van der Waals surface area contributed by atoms with Gasteiger partial charge in [-0.2, -0.15) is 0 Å². The minimum Gasteiger partial charge on any atom is -0.481 e. The summed E-state index contributed by atoms with van der Waals surface area (Å²) in [6.07, 6.45) is -3.28. The van der Waals surface area contributed by atoms with Gasteiger partial charge in [-0.25, -0.2) is 13.2 Å². The Morgan fingerprint density at radius 1 is 1.41 bits per heavy atom. The highest BCUT2D eigenvalue weighted by atomic mass is 35.5. The van der Waals surface area contributed by atoms with E-state index in [1.165, 1.54) is 6.07 Å². The summed E-state index contributed by atoms with van der Waals surface area (Å²) in [6.45, 7) is 0. The molecule has 0 aliphatic carbocycles. The highest BCUT2D eigenvalue weighted by Crippen LogP contribution is 2.25. The Morgan fingerprint density at radius 3 is 2.41 bits per heavy atom. The third-order valence-electron chi connectivity index (χ3n) is 2.08. The summed E-state index contributed by atoms with van der Waals surface area (Å²) in [4.78, 5) is 10.3. The third-order valence-corrected chi connectivity index (χ3v) is 2.08. The van der Waals surface area contributed by atoms with E-state index in [2.05, 4.69) is 0 Å². The number of aliphatic carboxylic acids is 1. The van der Waals surface area contributed by atoms with Crippen LogP contribution in [0.5, 0.6) is 0 Å². The quantitative estimate of drug-likeness (QED) is 0.883. The molecule has 7 heteroatoms. The van der Waals surface area contributed by atoms with Gasteiger partial charge in [-0.15, -0.1) is 12.4 Å². The van der Waals surface area contributed by atoms with E-state index in [0.29, 0.717) is 0 Å². The van der Waals surface area contributed by atoms with Gasteiger partial charge in [-0.05, 0) is 11.6 Å². The van der Waals surface area contributed by atoms with Crippen molar-refractivity contribution in [2.24, 2.45) is 5.73 Å². The van der Waals surface area contributed by atoms with Crippen LogP contribution in [0.4, 0.5) is 13.2 Å². The number of carboxylic acid groups (broad SMARTS) is 1. The van der Waals surface area contributed by atoms with Gasteiger partial charge < -0.3 is 10.8 Å². The topological polar surface area (TPSA) is 63.3 Å². The van der Waals surface area contributed by atoms with Gasteiger partial charge in [0.15, 0.2) is 0 Å². The molecule has 0 saturated heterocycles. The van der Waals surface area contributed by atoms with Crippen molar-refractivity contribution in [3.05, 3.63) is 35.1 Å². The molecule has 1 aromatic carbocycles. The molecule has 0 aliphatic heterocycles. The van der Waals surface area contributed by atoms with E-state index in [1.54, 1.807) is 0 Å². The molecule has 17 heavy (non-hydrogen) atoms. The fourth-order valence-corrected chi connectivity index (χ4v) is 1.26. The van der Waals surface area contributed by atoms with Crippen LogP contribution in [0.15, 0.2) is 18.2 Å². The molecule has 0 amide bonds. The van der Waals surface area contributed by atoms with Crippen molar-refractivity contribution < 1.29 is 23.1 Å². The first-order chi connectivity index (χ1) is 7.41. The Balaban J connectivity index is 0.00000256. The molecule has 3 nitrogen and oxygen atoms in total. The Morgan fingerprint density at radius 2 is 2.00 bits per heavy atom. The number of benzene rings is 1. The molecule has 96 valence electrons. The summed E-state index contributed by atoms with van der Waals surface area (Å²) in [5.41, 5.74) is 4.92. The van der Waals surface area contributed by atoms with E-state index in [9.17, 15) is 18.0 Å². The third kappa shape index (κ3) is 4.24. The predicted octanol–water partition coefficient (Wildman–Crippen LogP) is 2.66. The number of alkyl halides is 2. The number of hydrogen-bond acceptors (Lipinski definition) is 2. The number of halogens is 4. The normalized spacial score (nSPS) is 12.1. The van der Waals surface area contributed by atoms with Crippen molar-refractivity contribution in [3.63, 3.8) is 0 Å². The molecule has 0 aromatic heterocycles. The summed E-state index contributed by atoms with van der Waals surface area (Å²) in [5, 5.41) is 8.46. The van der Waals surface area contributed by atoms with Gasteiger partial charge in [0.2, 0.25) is 0 Å². The number of rotatable bonds is 4. The average Bonchev–Trinajstić information content (AvgIpc) is 2.15. The van der Waals surface area contributed by atoms with Crippen LogP contribution < -0.4 is 5.73 Å². The summed E-state index contributed by atoms with van der Waals surface area (Å²) in [7, 11) is 0. The number of hydrogen-bond donors (Lipinski definition) is 2. The molecule has 0 radical (unpaired) electrons. The number of carbonyl (C=O) groups is 1. The largest absolute Gasteiger partial charge is 0.481 e. The second-order valence-electron chi connectivity index (χ2n) is 3.29. The van der Waals surface area contributed by atoms with Gasteiger partial charge in [-0.1, -0.05) is 12.1 Å². The van der Waals surface area contributed by atoms with Crippen LogP contribution in [0.25, 0.3) is 0 Å². The van der Waals surface area contributed by atoms with Crippen molar-refractivity contribution in [3.8, 4) is 0 Å². The Bertz CT molecular complexity index is 401. The van der Waals surface area contributed by atoms with E-state index in [1.807, 2.05) is 0 Å². The van der Waals surface area contributed by atoms with Gasteiger partial charge in [0, 0.05) is 6.04 Å². The average molecular weight is 270 g/mol. The van der Waals surface area contributed by atoms with Gasteiger partial charge in [0.25, 0.3) is 6.43 Å². The van der Waals surface area contributed by atoms with Crippen LogP contribution >= 0.6 is 12.4 Å². The predicted molar refractivity (Wildman–Crippen MR) is 57.8 cm³/mol. The fraction of sp³-hybridized carbons (Fsp3) is 0.300. The van der Waals surface area contributed by atoms with Crippen LogP contribution in [-0.4, -0.2) is 11.1 Å². The maximum absolute atomic E-state index is 13.1. The van der Waals surface area contributed by atoms with Gasteiger partial charge in [-0.3, -0.25) is 4.79 Å². The zero-order valence-corrected chi connectivity index (χ0v) is 9.39. The minimum absolute atomic E-state index is 0. The lowest BCUT2D eigenvalue weighted by molar-refractivity contribution is -0.137. The molecule has 0 saturated carbocycles. The SMILES string of the molecule is Cl.N[C@@H](CC(=O)O)c1ccc(C(F)F)c(F)c1. The highest BCUT2D eigenvalue weighted by Gasteiger charge is 2.16. The van der Waals surface area contributed by atoms with Crippen molar-refractivity contribution in [2.45, 2.75) is 18.9 Å². The standard InChI is InChI=1S/C10H10F3NO2.ClH/c11-7-3-5(8(14)4-9(15)16)1-2-6(7)10(12)13;/h1-3,8,10H,4,14H2,(H,15,16);1H/t8-;/m0./s1. The van der Waals surface area contributed by atoms with Gasteiger partial charge in [0.1, 0.15) is 5.82 Å².